The molecule has 0 amide bonds. The van der Waals surface area contributed by atoms with E-state index in [4.69, 9.17) is 0 Å². The number of rotatable bonds is 6. The van der Waals surface area contributed by atoms with Crippen LogP contribution in [0.3, 0.4) is 0 Å². The number of aryl methyl sites for hydroxylation is 4. The van der Waals surface area contributed by atoms with Gasteiger partial charge in [0.15, 0.2) is 0 Å². The number of pyridine rings is 2. The Morgan fingerprint density at radius 3 is 1.12 bits per heavy atom. The summed E-state index contributed by atoms with van der Waals surface area (Å²) in [6.45, 7) is 12.9. The molecule has 0 atom stereocenters. The number of hydrogen-bond acceptors (Lipinski definition) is 2. The van der Waals surface area contributed by atoms with Crippen molar-refractivity contribution in [1.82, 2.24) is 19.1 Å². The van der Waals surface area contributed by atoms with Gasteiger partial charge in [-0.3, -0.25) is 0 Å². The molecule has 228 valence electrons. The van der Waals surface area contributed by atoms with Crippen molar-refractivity contribution in [1.29, 1.82) is 0 Å². The second kappa shape index (κ2) is 20.5. The van der Waals surface area contributed by atoms with Gasteiger partial charge in [0.2, 0.25) is 0 Å². The molecule has 0 aliphatic heterocycles. The number of hydrogen-bond donors (Lipinski definition) is 0. The van der Waals surface area contributed by atoms with Crippen LogP contribution in [0.1, 0.15) is 47.2 Å². The molecule has 0 saturated heterocycles. The van der Waals surface area contributed by atoms with E-state index in [1.165, 1.54) is 44.8 Å². The third-order valence-corrected chi connectivity index (χ3v) is 6.30. The zero-order valence-corrected chi connectivity index (χ0v) is 29.9. The summed E-state index contributed by atoms with van der Waals surface area (Å²) in [6.07, 6.45) is 8.74. The number of aromatic nitrogens is 2. The van der Waals surface area contributed by atoms with Gasteiger partial charge in [-0.25, -0.2) is 9.15 Å². The Bertz CT molecular complexity index is 1280. The minimum atomic E-state index is 0. The van der Waals surface area contributed by atoms with Crippen LogP contribution in [-0.2, 0) is 47.3 Å². The Balaban J connectivity index is -0.00000241. The summed E-state index contributed by atoms with van der Waals surface area (Å²) in [4.78, 5) is 9.11. The first-order chi connectivity index (χ1) is 16.9. The molecule has 10 heteroatoms. The fourth-order valence-corrected chi connectivity index (χ4v) is 5.04. The molecule has 0 saturated carbocycles. The zero-order valence-electron chi connectivity index (χ0n) is 23.7. The molecule has 0 bridgehead atoms. The molecule has 0 unspecified atom stereocenters. The maximum absolute atomic E-state index is 4.55. The normalized spacial score (nSPS) is 10.4. The maximum Gasteiger partial charge on any atom is 0.327 e. The van der Waals surface area contributed by atoms with Crippen molar-refractivity contribution < 1.29 is 90.5 Å². The van der Waals surface area contributed by atoms with Gasteiger partial charge in [0.1, 0.15) is 23.8 Å². The predicted molar refractivity (Wildman–Crippen MR) is 149 cm³/mol. The number of benzene rings is 2. The largest absolute Gasteiger partial charge is 1.00 e. The molecule has 4 rings (SSSR count). The zero-order chi connectivity index (χ0) is 24.9. The van der Waals surface area contributed by atoms with E-state index >= 15 is 0 Å². The van der Waals surface area contributed by atoms with E-state index in [1.807, 2.05) is 48.8 Å². The molecule has 0 N–H and O–H groups in total. The Hall–Kier alpha value is -1.44. The third-order valence-electron chi connectivity index (χ3n) is 6.30. The number of halogens is 4. The molecular formula is C31H34Cl4N4Pd2-2. The average molecular weight is 817 g/mol. The standard InChI is InChI=1S/C31H34N4.4ClH.2Pd/c1-7-34(28-13-9-11-15-32-28)30-22(3)17-26(18-23(30)4)21-27-19-24(5)31(25(6)20-27)35(8-2)29-14-10-12-16-33-29;;;;;;/h7-20H,21H2,1-6H3;4*1H;;/q+2;;;;;;/p-4. The van der Waals surface area contributed by atoms with E-state index in [1.54, 1.807) is 0 Å². The summed E-state index contributed by atoms with van der Waals surface area (Å²) in [6, 6.07) is 21.3. The smallest absolute Gasteiger partial charge is 0.327 e. The molecule has 0 aliphatic rings. The van der Waals surface area contributed by atoms with Gasteiger partial charge in [-0.2, -0.15) is 0 Å². The summed E-state index contributed by atoms with van der Waals surface area (Å²) in [5, 5.41) is 0. The summed E-state index contributed by atoms with van der Waals surface area (Å²) in [5.41, 5.74) is 10.0. The first-order valence-electron chi connectivity index (χ1n) is 12.1. The molecule has 0 fully saturated rings. The van der Waals surface area contributed by atoms with Gasteiger partial charge in [-0.15, -0.1) is 0 Å². The van der Waals surface area contributed by atoms with Crippen molar-refractivity contribution >= 4 is 35.4 Å². The number of nitrogens with zero attached hydrogens (tertiary/aromatic N) is 4. The van der Waals surface area contributed by atoms with Crippen LogP contribution >= 0.6 is 0 Å². The SMILES string of the molecule is CC=[N+](c1ccccn1)c1c(C)cc(Cc2cc(C)c([N+](=CC)c3ccccn3)c(C)c2)cc1C.[Cl-].[Cl-].[Cl-].[Cl-].[Pd].[Pd]. The van der Waals surface area contributed by atoms with Crippen LogP contribution in [0, 0.1) is 27.7 Å². The van der Waals surface area contributed by atoms with Crippen molar-refractivity contribution in [2.24, 2.45) is 0 Å². The van der Waals surface area contributed by atoms with Crippen LogP contribution in [0.25, 0.3) is 0 Å². The molecule has 2 aromatic carbocycles. The Morgan fingerprint density at radius 2 is 0.878 bits per heavy atom. The molecule has 4 nitrogen and oxygen atoms in total. The Labute approximate surface area is 297 Å². The summed E-state index contributed by atoms with van der Waals surface area (Å²) in [7, 11) is 0. The fraction of sp³-hybridized carbons (Fsp3) is 0.226. The second-order valence-electron chi connectivity index (χ2n) is 8.97. The fourth-order valence-electron chi connectivity index (χ4n) is 5.04. The van der Waals surface area contributed by atoms with Crippen molar-refractivity contribution in [3.05, 3.63) is 106 Å². The van der Waals surface area contributed by atoms with E-state index < -0.39 is 0 Å². The summed E-state index contributed by atoms with van der Waals surface area (Å²) >= 11 is 0. The van der Waals surface area contributed by atoms with Crippen LogP contribution in [0.15, 0.2) is 73.1 Å². The van der Waals surface area contributed by atoms with Gasteiger partial charge in [0.05, 0.1) is 12.4 Å². The van der Waals surface area contributed by atoms with Crippen LogP contribution in [0.2, 0.25) is 0 Å². The van der Waals surface area contributed by atoms with Gasteiger partial charge < -0.3 is 49.6 Å². The molecule has 0 aliphatic carbocycles. The van der Waals surface area contributed by atoms with Crippen molar-refractivity contribution in [3.8, 4) is 0 Å². The molecule has 2 heterocycles. The second-order valence-corrected chi connectivity index (χ2v) is 8.97. The van der Waals surface area contributed by atoms with Gasteiger partial charge >= 0.3 is 11.6 Å². The predicted octanol–water partition coefficient (Wildman–Crippen LogP) is -4.84. The van der Waals surface area contributed by atoms with Crippen molar-refractivity contribution in [3.63, 3.8) is 0 Å². The van der Waals surface area contributed by atoms with Crippen LogP contribution in [0.4, 0.5) is 23.0 Å². The van der Waals surface area contributed by atoms with E-state index in [9.17, 15) is 0 Å². The topological polar surface area (TPSA) is 31.8 Å². The van der Waals surface area contributed by atoms with Crippen molar-refractivity contribution in [2.75, 3.05) is 0 Å². The summed E-state index contributed by atoms with van der Waals surface area (Å²) < 4.78 is 4.34. The maximum atomic E-state index is 4.55. The van der Waals surface area contributed by atoms with E-state index in [0.717, 1.165) is 18.1 Å². The molecule has 41 heavy (non-hydrogen) atoms. The monoisotopic (exact) mass is 814 g/mol. The average Bonchev–Trinajstić information content (AvgIpc) is 2.84. The first-order valence-corrected chi connectivity index (χ1v) is 12.1. The van der Waals surface area contributed by atoms with Gasteiger partial charge in [-0.1, -0.05) is 36.4 Å². The van der Waals surface area contributed by atoms with Crippen LogP contribution in [-0.4, -0.2) is 22.4 Å². The van der Waals surface area contributed by atoms with Crippen LogP contribution < -0.4 is 58.8 Å². The van der Waals surface area contributed by atoms with Gasteiger partial charge in [0, 0.05) is 53.0 Å². The van der Waals surface area contributed by atoms with E-state index in [2.05, 4.69) is 97.4 Å². The van der Waals surface area contributed by atoms with Gasteiger partial charge in [0.25, 0.3) is 0 Å². The molecular weight excluding hydrogens is 783 g/mol. The molecule has 4 aromatic rings. The van der Waals surface area contributed by atoms with E-state index in [0.29, 0.717) is 0 Å². The minimum absolute atomic E-state index is 0. The van der Waals surface area contributed by atoms with Crippen molar-refractivity contribution in [2.45, 2.75) is 48.0 Å². The quantitative estimate of drug-likeness (QED) is 0.111. The third kappa shape index (κ3) is 10.4. The van der Waals surface area contributed by atoms with Crippen LogP contribution in [0.5, 0.6) is 0 Å². The summed E-state index contributed by atoms with van der Waals surface area (Å²) in [5.74, 6) is 1.86. The Kier molecular flexibility index (Phi) is 22.0. The molecule has 0 spiro atoms. The molecule has 0 radical (unpaired) electrons. The van der Waals surface area contributed by atoms with Gasteiger partial charge in [-0.05, 0) is 103 Å². The molecule has 2 aromatic heterocycles. The minimum Gasteiger partial charge on any atom is -1.00 e. The first kappa shape index (κ1) is 44.0. The Morgan fingerprint density at radius 1 is 0.561 bits per heavy atom. The van der Waals surface area contributed by atoms with E-state index in [-0.39, 0.29) is 90.5 Å².